The molecule has 29 heavy (non-hydrogen) atoms. The SMILES string of the molecule is COCCNC(=O)Cn1cc(Nc2nn3cc(-c4ccc(Cl)cc4)nc3s2)cn1. The first-order chi connectivity index (χ1) is 14.1. The van der Waals surface area contributed by atoms with Crippen LogP contribution in [-0.4, -0.2) is 50.5 Å². The molecule has 0 fully saturated rings. The third-order valence-electron chi connectivity index (χ3n) is 4.00. The quantitative estimate of drug-likeness (QED) is 0.416. The predicted molar refractivity (Wildman–Crippen MR) is 112 cm³/mol. The van der Waals surface area contributed by atoms with Crippen molar-refractivity contribution in [3.63, 3.8) is 0 Å². The van der Waals surface area contributed by atoms with E-state index >= 15 is 0 Å². The molecule has 4 rings (SSSR count). The molecule has 0 aliphatic heterocycles. The molecule has 1 aromatic carbocycles. The van der Waals surface area contributed by atoms with Gasteiger partial charge >= 0.3 is 0 Å². The van der Waals surface area contributed by atoms with Gasteiger partial charge in [-0.05, 0) is 12.1 Å². The lowest BCUT2D eigenvalue weighted by molar-refractivity contribution is -0.122. The Morgan fingerprint density at radius 3 is 2.86 bits per heavy atom. The zero-order chi connectivity index (χ0) is 20.2. The lowest BCUT2D eigenvalue weighted by Gasteiger charge is -2.04. The van der Waals surface area contributed by atoms with Crippen LogP contribution < -0.4 is 10.6 Å². The summed E-state index contributed by atoms with van der Waals surface area (Å²) in [6.07, 6.45) is 5.26. The molecule has 0 saturated carbocycles. The van der Waals surface area contributed by atoms with Gasteiger partial charge in [-0.2, -0.15) is 5.10 Å². The number of anilines is 2. The minimum atomic E-state index is -0.126. The highest BCUT2D eigenvalue weighted by Gasteiger charge is 2.11. The van der Waals surface area contributed by atoms with E-state index in [2.05, 4.69) is 25.8 Å². The smallest absolute Gasteiger partial charge is 0.241 e. The van der Waals surface area contributed by atoms with Crippen molar-refractivity contribution >= 4 is 44.6 Å². The first-order valence-corrected chi connectivity index (χ1v) is 9.97. The van der Waals surface area contributed by atoms with Gasteiger partial charge < -0.3 is 15.4 Å². The van der Waals surface area contributed by atoms with Crippen LogP contribution >= 0.6 is 22.9 Å². The zero-order valence-corrected chi connectivity index (χ0v) is 17.1. The number of methoxy groups -OCH3 is 1. The second kappa shape index (κ2) is 8.60. The van der Waals surface area contributed by atoms with Crippen molar-refractivity contribution in [2.75, 3.05) is 25.6 Å². The number of nitrogens with one attached hydrogen (secondary N) is 2. The van der Waals surface area contributed by atoms with E-state index in [-0.39, 0.29) is 12.5 Å². The Kier molecular flexibility index (Phi) is 5.74. The van der Waals surface area contributed by atoms with Gasteiger partial charge in [-0.25, -0.2) is 9.50 Å². The number of aromatic nitrogens is 5. The van der Waals surface area contributed by atoms with E-state index in [0.717, 1.165) is 21.9 Å². The molecule has 0 unspecified atom stereocenters. The molecule has 0 radical (unpaired) electrons. The number of carbonyl (C=O) groups excluding carboxylic acids is 1. The molecule has 9 nitrogen and oxygen atoms in total. The van der Waals surface area contributed by atoms with Crippen LogP contribution in [0, 0.1) is 0 Å². The Morgan fingerprint density at radius 1 is 1.28 bits per heavy atom. The molecule has 3 aromatic heterocycles. The maximum absolute atomic E-state index is 11.8. The second-order valence-corrected chi connectivity index (χ2v) is 7.55. The van der Waals surface area contributed by atoms with Crippen LogP contribution in [0.1, 0.15) is 0 Å². The minimum Gasteiger partial charge on any atom is -0.383 e. The molecule has 1 amide bonds. The Morgan fingerprint density at radius 2 is 2.10 bits per heavy atom. The fourth-order valence-corrected chi connectivity index (χ4v) is 3.57. The van der Waals surface area contributed by atoms with Gasteiger partial charge in [0.15, 0.2) is 0 Å². The van der Waals surface area contributed by atoms with E-state index in [1.807, 2.05) is 30.5 Å². The lowest BCUT2D eigenvalue weighted by Crippen LogP contribution is -2.30. The number of fused-ring (bicyclic) bond motifs is 1. The molecule has 0 spiro atoms. The summed E-state index contributed by atoms with van der Waals surface area (Å²) in [5, 5.41) is 16.0. The van der Waals surface area contributed by atoms with Crippen LogP contribution in [0.2, 0.25) is 5.02 Å². The molecule has 0 atom stereocenters. The van der Waals surface area contributed by atoms with E-state index in [0.29, 0.717) is 23.3 Å². The summed E-state index contributed by atoms with van der Waals surface area (Å²) < 4.78 is 8.19. The topological polar surface area (TPSA) is 98.4 Å². The van der Waals surface area contributed by atoms with E-state index in [4.69, 9.17) is 16.3 Å². The number of imidazole rings is 1. The highest BCUT2D eigenvalue weighted by Crippen LogP contribution is 2.27. The monoisotopic (exact) mass is 431 g/mol. The van der Waals surface area contributed by atoms with Gasteiger partial charge in [0.25, 0.3) is 0 Å². The van der Waals surface area contributed by atoms with Crippen LogP contribution in [0.5, 0.6) is 0 Å². The van der Waals surface area contributed by atoms with Crippen molar-refractivity contribution in [2.45, 2.75) is 6.54 Å². The van der Waals surface area contributed by atoms with Crippen molar-refractivity contribution in [1.82, 2.24) is 29.7 Å². The average molecular weight is 432 g/mol. The van der Waals surface area contributed by atoms with Crippen LogP contribution in [-0.2, 0) is 16.1 Å². The number of nitrogens with zero attached hydrogens (tertiary/aromatic N) is 5. The maximum Gasteiger partial charge on any atom is 0.241 e. The number of ether oxygens (including phenoxy) is 1. The van der Waals surface area contributed by atoms with Crippen LogP contribution in [0.25, 0.3) is 16.2 Å². The normalized spacial score (nSPS) is 11.1. The highest BCUT2D eigenvalue weighted by atomic mass is 35.5. The number of hydrogen-bond donors (Lipinski definition) is 2. The van der Waals surface area contributed by atoms with Gasteiger partial charge in [-0.3, -0.25) is 9.48 Å². The molecule has 3 heterocycles. The molecule has 2 N–H and O–H groups in total. The molecule has 0 aliphatic rings. The van der Waals surface area contributed by atoms with Crippen molar-refractivity contribution in [3.8, 4) is 11.3 Å². The standard InChI is InChI=1S/C18H18ClN7O2S/c1-28-7-6-20-16(27)11-25-9-14(8-21-25)22-17-24-26-10-15(23-18(26)29-17)12-2-4-13(19)5-3-12/h2-5,8-10H,6-7,11H2,1H3,(H,20,27)(H,22,24). The predicted octanol–water partition coefficient (Wildman–Crippen LogP) is 2.81. The summed E-state index contributed by atoms with van der Waals surface area (Å²) >= 11 is 7.36. The van der Waals surface area contributed by atoms with E-state index < -0.39 is 0 Å². The third kappa shape index (κ3) is 4.73. The largest absolute Gasteiger partial charge is 0.383 e. The fourth-order valence-electron chi connectivity index (χ4n) is 2.64. The average Bonchev–Trinajstić information content (AvgIpc) is 3.38. The summed E-state index contributed by atoms with van der Waals surface area (Å²) in [4.78, 5) is 17.2. The summed E-state index contributed by atoms with van der Waals surface area (Å²) in [5.74, 6) is -0.126. The van der Waals surface area contributed by atoms with Gasteiger partial charge in [0.05, 0.1) is 30.4 Å². The molecule has 11 heteroatoms. The zero-order valence-electron chi connectivity index (χ0n) is 15.5. The first-order valence-electron chi connectivity index (χ1n) is 8.78. The molecule has 0 aliphatic carbocycles. The van der Waals surface area contributed by atoms with Crippen LogP contribution in [0.15, 0.2) is 42.9 Å². The van der Waals surface area contributed by atoms with Gasteiger partial charge in [-0.1, -0.05) is 35.1 Å². The Hall–Kier alpha value is -2.95. The summed E-state index contributed by atoms with van der Waals surface area (Å²) in [5.41, 5.74) is 2.55. The van der Waals surface area contributed by atoms with Crippen molar-refractivity contribution in [2.24, 2.45) is 0 Å². The highest BCUT2D eigenvalue weighted by molar-refractivity contribution is 7.20. The number of halogens is 1. The van der Waals surface area contributed by atoms with Gasteiger partial charge in [-0.15, -0.1) is 5.10 Å². The molecule has 4 aromatic rings. The molecule has 0 saturated heterocycles. The summed E-state index contributed by atoms with van der Waals surface area (Å²) in [6, 6.07) is 7.52. The van der Waals surface area contributed by atoms with Crippen molar-refractivity contribution in [1.29, 1.82) is 0 Å². The molecular weight excluding hydrogens is 414 g/mol. The first kappa shape index (κ1) is 19.4. The molecular formula is C18H18ClN7O2S. The third-order valence-corrected chi connectivity index (χ3v) is 5.09. The summed E-state index contributed by atoms with van der Waals surface area (Å²) in [7, 11) is 1.59. The van der Waals surface area contributed by atoms with Crippen LogP contribution in [0.3, 0.4) is 0 Å². The molecule has 150 valence electrons. The van der Waals surface area contributed by atoms with Gasteiger partial charge in [0, 0.05) is 30.4 Å². The minimum absolute atomic E-state index is 0.126. The van der Waals surface area contributed by atoms with E-state index in [1.54, 1.807) is 28.7 Å². The number of carbonyl (C=O) groups is 1. The van der Waals surface area contributed by atoms with E-state index in [1.165, 1.54) is 11.3 Å². The summed E-state index contributed by atoms with van der Waals surface area (Å²) in [6.45, 7) is 1.08. The van der Waals surface area contributed by atoms with Crippen molar-refractivity contribution in [3.05, 3.63) is 47.9 Å². The fraction of sp³-hybridized carbons (Fsp3) is 0.222. The van der Waals surface area contributed by atoms with Gasteiger partial charge in [0.2, 0.25) is 16.0 Å². The Balaban J connectivity index is 1.40. The van der Waals surface area contributed by atoms with Crippen molar-refractivity contribution < 1.29 is 9.53 Å². The number of rotatable bonds is 8. The number of benzene rings is 1. The Bertz CT molecular complexity index is 1090. The van der Waals surface area contributed by atoms with E-state index in [9.17, 15) is 4.79 Å². The van der Waals surface area contributed by atoms with Gasteiger partial charge in [0.1, 0.15) is 6.54 Å². The Labute approximate surface area is 175 Å². The molecule has 0 bridgehead atoms. The lowest BCUT2D eigenvalue weighted by atomic mass is 10.2. The maximum atomic E-state index is 11.8. The number of amides is 1. The second-order valence-electron chi connectivity index (χ2n) is 6.16. The number of hydrogen-bond acceptors (Lipinski definition) is 7. The van der Waals surface area contributed by atoms with Crippen LogP contribution in [0.4, 0.5) is 10.8 Å².